The number of rotatable bonds is 5. The van der Waals surface area contributed by atoms with Crippen molar-refractivity contribution in [2.45, 2.75) is 26.8 Å². The largest absolute Gasteiger partial charge is 0.573 e. The minimum atomic E-state index is -4.80. The van der Waals surface area contributed by atoms with Crippen LogP contribution in [0.3, 0.4) is 0 Å². The van der Waals surface area contributed by atoms with E-state index in [0.717, 1.165) is 11.8 Å². The Kier molecular flexibility index (Phi) is 5.28. The molecule has 0 aliphatic rings. The first-order chi connectivity index (χ1) is 11.2. The lowest BCUT2D eigenvalue weighted by molar-refractivity contribution is -0.274. The summed E-state index contributed by atoms with van der Waals surface area (Å²) >= 11 is 0. The molecule has 0 saturated heterocycles. The number of aromatic nitrogens is 1. The van der Waals surface area contributed by atoms with Crippen LogP contribution >= 0.6 is 0 Å². The number of hydrogen-bond acceptors (Lipinski definition) is 4. The zero-order valence-electron chi connectivity index (χ0n) is 13.0. The summed E-state index contributed by atoms with van der Waals surface area (Å²) in [6.07, 6.45) is -2.45. The molecule has 1 aromatic heterocycles. The van der Waals surface area contributed by atoms with E-state index < -0.39 is 12.3 Å². The number of amides is 1. The van der Waals surface area contributed by atoms with Crippen molar-refractivity contribution in [2.24, 2.45) is 0 Å². The maximum absolute atomic E-state index is 12.3. The molecule has 0 aliphatic carbocycles. The topological polar surface area (TPSA) is 64.4 Å². The summed E-state index contributed by atoms with van der Waals surface area (Å²) in [5, 5.41) is 2.53. The first-order valence-electron chi connectivity index (χ1n) is 6.98. The van der Waals surface area contributed by atoms with Crippen molar-refractivity contribution in [3.63, 3.8) is 0 Å². The number of oxazole rings is 1. The summed E-state index contributed by atoms with van der Waals surface area (Å²) in [6.45, 7) is 3.62. The van der Waals surface area contributed by atoms with Crippen LogP contribution in [0.25, 0.3) is 6.08 Å². The molecule has 0 saturated carbocycles. The van der Waals surface area contributed by atoms with Gasteiger partial charge in [-0.3, -0.25) is 4.79 Å². The molecule has 1 aromatic carbocycles. The van der Waals surface area contributed by atoms with E-state index in [4.69, 9.17) is 4.42 Å². The van der Waals surface area contributed by atoms with Crippen molar-refractivity contribution in [3.05, 3.63) is 53.2 Å². The van der Waals surface area contributed by atoms with Gasteiger partial charge >= 0.3 is 6.36 Å². The Morgan fingerprint density at radius 3 is 2.67 bits per heavy atom. The molecule has 128 valence electrons. The van der Waals surface area contributed by atoms with Gasteiger partial charge in [-0.25, -0.2) is 4.98 Å². The fraction of sp³-hybridized carbons (Fsp3) is 0.250. The van der Waals surface area contributed by atoms with Gasteiger partial charge in [0.05, 0.1) is 12.2 Å². The normalized spacial score (nSPS) is 11.7. The first-order valence-corrected chi connectivity index (χ1v) is 6.98. The quantitative estimate of drug-likeness (QED) is 0.846. The minimum absolute atomic E-state index is 0.0819. The predicted octanol–water partition coefficient (Wildman–Crippen LogP) is 3.52. The van der Waals surface area contributed by atoms with Gasteiger partial charge in [-0.2, -0.15) is 0 Å². The molecule has 0 atom stereocenters. The number of aryl methyl sites for hydroxylation is 2. The molecule has 24 heavy (non-hydrogen) atoms. The maximum Gasteiger partial charge on any atom is 0.573 e. The number of carbonyl (C=O) groups excluding carboxylic acids is 1. The van der Waals surface area contributed by atoms with E-state index in [2.05, 4.69) is 15.0 Å². The van der Waals surface area contributed by atoms with Gasteiger partial charge in [-0.1, -0.05) is 18.2 Å². The average molecular weight is 340 g/mol. The highest BCUT2D eigenvalue weighted by atomic mass is 19.4. The summed E-state index contributed by atoms with van der Waals surface area (Å²) < 4.78 is 46.2. The van der Waals surface area contributed by atoms with Crippen molar-refractivity contribution in [3.8, 4) is 5.75 Å². The monoisotopic (exact) mass is 340 g/mol. The van der Waals surface area contributed by atoms with Gasteiger partial charge in [0.15, 0.2) is 0 Å². The van der Waals surface area contributed by atoms with Crippen LogP contribution in [-0.2, 0) is 11.3 Å². The van der Waals surface area contributed by atoms with Crippen LogP contribution in [0.2, 0.25) is 0 Å². The lowest BCUT2D eigenvalue weighted by Crippen LogP contribution is -2.20. The van der Waals surface area contributed by atoms with Gasteiger partial charge in [0.1, 0.15) is 11.5 Å². The molecule has 8 heteroatoms. The highest BCUT2D eigenvalue weighted by Gasteiger charge is 2.31. The van der Waals surface area contributed by atoms with E-state index in [1.165, 1.54) is 24.3 Å². The van der Waals surface area contributed by atoms with E-state index in [1.54, 1.807) is 19.9 Å². The van der Waals surface area contributed by atoms with E-state index in [1.807, 2.05) is 0 Å². The van der Waals surface area contributed by atoms with Crippen molar-refractivity contribution in [2.75, 3.05) is 0 Å². The average Bonchev–Trinajstić information content (AvgIpc) is 2.81. The van der Waals surface area contributed by atoms with Crippen LogP contribution in [0, 0.1) is 13.8 Å². The molecule has 5 nitrogen and oxygen atoms in total. The first kappa shape index (κ1) is 17.6. The summed E-state index contributed by atoms with van der Waals surface area (Å²) in [5.74, 6) is 0.138. The molecular weight excluding hydrogens is 325 g/mol. The summed E-state index contributed by atoms with van der Waals surface area (Å²) in [7, 11) is 0. The fourth-order valence-electron chi connectivity index (χ4n) is 1.84. The Bertz CT molecular complexity index is 732. The van der Waals surface area contributed by atoms with E-state index in [9.17, 15) is 18.0 Å². The van der Waals surface area contributed by atoms with Gasteiger partial charge in [-0.05, 0) is 26.0 Å². The molecule has 0 bridgehead atoms. The molecule has 0 fully saturated rings. The lowest BCUT2D eigenvalue weighted by atomic mass is 10.2. The van der Waals surface area contributed by atoms with Crippen LogP contribution in [0.4, 0.5) is 13.2 Å². The van der Waals surface area contributed by atoms with Crippen LogP contribution < -0.4 is 10.1 Å². The van der Waals surface area contributed by atoms with Crippen LogP contribution in [-0.4, -0.2) is 17.3 Å². The highest BCUT2D eigenvalue weighted by Crippen LogP contribution is 2.26. The smallest absolute Gasteiger partial charge is 0.444 e. The molecule has 1 N–H and O–H groups in total. The fourth-order valence-corrected chi connectivity index (χ4v) is 1.84. The Hall–Kier alpha value is -2.77. The molecule has 1 heterocycles. The zero-order valence-corrected chi connectivity index (χ0v) is 13.0. The summed E-state index contributed by atoms with van der Waals surface area (Å²) in [5.41, 5.74) is 0.862. The standard InChI is InChI=1S/C16H15F3N2O3/c1-10-11(2)23-15(21-10)9-20-14(22)8-7-12-5-3-4-6-13(12)24-16(17,18)19/h3-8H,9H2,1-2H3,(H,20,22)/b8-7+. The SMILES string of the molecule is Cc1nc(CNC(=O)/C=C/c2ccccc2OC(F)(F)F)oc1C. The molecule has 0 spiro atoms. The number of para-hydroxylation sites is 1. The number of benzene rings is 1. The van der Waals surface area contributed by atoms with E-state index in [0.29, 0.717) is 11.7 Å². The summed E-state index contributed by atoms with van der Waals surface area (Å²) in [6, 6.07) is 5.53. The zero-order chi connectivity index (χ0) is 17.7. The number of carbonyl (C=O) groups is 1. The van der Waals surface area contributed by atoms with Crippen LogP contribution in [0.15, 0.2) is 34.8 Å². The minimum Gasteiger partial charge on any atom is -0.444 e. The van der Waals surface area contributed by atoms with Gasteiger partial charge in [0.25, 0.3) is 0 Å². The van der Waals surface area contributed by atoms with Crippen LogP contribution in [0.5, 0.6) is 5.75 Å². The molecule has 0 radical (unpaired) electrons. The molecule has 2 rings (SSSR count). The third kappa shape index (κ3) is 5.15. The van der Waals surface area contributed by atoms with Gasteiger partial charge in [0, 0.05) is 11.6 Å². The van der Waals surface area contributed by atoms with Crippen molar-refractivity contribution in [1.29, 1.82) is 0 Å². The maximum atomic E-state index is 12.3. The van der Waals surface area contributed by atoms with Gasteiger partial charge in [0.2, 0.25) is 11.8 Å². The Morgan fingerprint density at radius 1 is 1.33 bits per heavy atom. The van der Waals surface area contributed by atoms with Gasteiger partial charge < -0.3 is 14.5 Å². The third-order valence-electron chi connectivity index (χ3n) is 3.05. The number of alkyl halides is 3. The number of ether oxygens (including phenoxy) is 1. The molecular formula is C16H15F3N2O3. The third-order valence-corrected chi connectivity index (χ3v) is 3.05. The van der Waals surface area contributed by atoms with E-state index >= 15 is 0 Å². The molecule has 1 amide bonds. The second kappa shape index (κ2) is 7.20. The van der Waals surface area contributed by atoms with Crippen molar-refractivity contribution in [1.82, 2.24) is 10.3 Å². The van der Waals surface area contributed by atoms with Crippen molar-refractivity contribution < 1.29 is 27.1 Å². The molecule has 0 unspecified atom stereocenters. The van der Waals surface area contributed by atoms with Gasteiger partial charge in [-0.15, -0.1) is 13.2 Å². The number of nitrogens with zero attached hydrogens (tertiary/aromatic N) is 1. The Morgan fingerprint density at radius 2 is 2.04 bits per heavy atom. The number of nitrogens with one attached hydrogen (secondary N) is 1. The summed E-state index contributed by atoms with van der Waals surface area (Å²) in [4.78, 5) is 15.9. The Labute approximate surface area is 136 Å². The second-order valence-corrected chi connectivity index (χ2v) is 4.89. The predicted molar refractivity (Wildman–Crippen MR) is 80.0 cm³/mol. The number of halogens is 3. The molecule has 0 aliphatic heterocycles. The highest BCUT2D eigenvalue weighted by molar-refractivity contribution is 5.92. The van der Waals surface area contributed by atoms with Crippen molar-refractivity contribution >= 4 is 12.0 Å². The van der Waals surface area contributed by atoms with E-state index in [-0.39, 0.29) is 17.9 Å². The Balaban J connectivity index is 1.98. The van der Waals surface area contributed by atoms with Crippen LogP contribution in [0.1, 0.15) is 22.9 Å². The molecule has 2 aromatic rings. The lowest BCUT2D eigenvalue weighted by Gasteiger charge is -2.10. The second-order valence-electron chi connectivity index (χ2n) is 4.89. The number of hydrogen-bond donors (Lipinski definition) is 1.